The van der Waals surface area contributed by atoms with Crippen LogP contribution in [0.4, 0.5) is 5.13 Å². The van der Waals surface area contributed by atoms with Crippen molar-refractivity contribution in [3.63, 3.8) is 0 Å². The molecule has 1 saturated heterocycles. The molecule has 178 valence electrons. The van der Waals surface area contributed by atoms with Crippen molar-refractivity contribution in [3.8, 4) is 11.3 Å². The lowest BCUT2D eigenvalue weighted by molar-refractivity contribution is -0.121. The minimum absolute atomic E-state index is 0.0789. The van der Waals surface area contributed by atoms with Crippen LogP contribution in [0.5, 0.6) is 0 Å². The van der Waals surface area contributed by atoms with Gasteiger partial charge in [0.05, 0.1) is 5.69 Å². The molecular formula is C23H25N5O4S2. The second kappa shape index (κ2) is 10.4. The number of pyridine rings is 1. The fraction of sp³-hybridized carbons (Fsp3) is 0.304. The van der Waals surface area contributed by atoms with Crippen molar-refractivity contribution in [2.45, 2.75) is 31.2 Å². The summed E-state index contributed by atoms with van der Waals surface area (Å²) in [4.78, 5) is 32.4. The van der Waals surface area contributed by atoms with Gasteiger partial charge in [-0.25, -0.2) is 13.4 Å². The number of sulfonamides is 1. The lowest BCUT2D eigenvalue weighted by Gasteiger charge is -2.30. The summed E-state index contributed by atoms with van der Waals surface area (Å²) in [5.41, 5.74) is 2.65. The minimum atomic E-state index is -3.60. The van der Waals surface area contributed by atoms with Gasteiger partial charge < -0.3 is 10.6 Å². The molecule has 0 spiro atoms. The van der Waals surface area contributed by atoms with Crippen molar-refractivity contribution >= 4 is 38.3 Å². The second-order valence-electron chi connectivity index (χ2n) is 8.00. The van der Waals surface area contributed by atoms with Crippen LogP contribution in [0.2, 0.25) is 0 Å². The third kappa shape index (κ3) is 5.66. The van der Waals surface area contributed by atoms with E-state index in [9.17, 15) is 18.0 Å². The van der Waals surface area contributed by atoms with E-state index in [-0.39, 0.29) is 35.7 Å². The Labute approximate surface area is 202 Å². The maximum absolute atomic E-state index is 12.8. The highest BCUT2D eigenvalue weighted by Crippen LogP contribution is 2.28. The second-order valence-corrected chi connectivity index (χ2v) is 10.8. The molecule has 4 rings (SSSR count). The zero-order valence-corrected chi connectivity index (χ0v) is 20.2. The first-order valence-corrected chi connectivity index (χ1v) is 13.2. The Morgan fingerprint density at radius 2 is 1.88 bits per heavy atom. The van der Waals surface area contributed by atoms with Gasteiger partial charge in [0, 0.05) is 55.8 Å². The largest absolute Gasteiger partial charge is 0.352 e. The van der Waals surface area contributed by atoms with E-state index in [0.717, 1.165) is 16.8 Å². The highest BCUT2D eigenvalue weighted by Gasteiger charge is 2.32. The Kier molecular flexibility index (Phi) is 7.35. The molecule has 3 heterocycles. The summed E-state index contributed by atoms with van der Waals surface area (Å²) in [6.07, 6.45) is 3.76. The normalized spacial score (nSPS) is 15.1. The van der Waals surface area contributed by atoms with Crippen molar-refractivity contribution in [3.05, 3.63) is 59.7 Å². The van der Waals surface area contributed by atoms with Crippen molar-refractivity contribution in [1.29, 1.82) is 0 Å². The summed E-state index contributed by atoms with van der Waals surface area (Å²) in [5, 5.41) is 8.02. The molecular weight excluding hydrogens is 474 g/mol. The van der Waals surface area contributed by atoms with E-state index in [1.807, 2.05) is 29.6 Å². The van der Waals surface area contributed by atoms with Gasteiger partial charge in [0.25, 0.3) is 0 Å². The van der Waals surface area contributed by atoms with E-state index in [1.165, 1.54) is 41.0 Å². The first-order valence-electron chi connectivity index (χ1n) is 10.8. The number of aromatic nitrogens is 2. The molecule has 0 aliphatic carbocycles. The molecule has 0 atom stereocenters. The molecule has 0 saturated carbocycles. The molecule has 0 radical (unpaired) electrons. The number of rotatable bonds is 7. The molecule has 1 aliphatic rings. The number of carbonyl (C=O) groups is 2. The van der Waals surface area contributed by atoms with Gasteiger partial charge in [-0.3, -0.25) is 14.6 Å². The molecule has 0 bridgehead atoms. The molecule has 2 aromatic heterocycles. The zero-order valence-electron chi connectivity index (χ0n) is 18.6. The van der Waals surface area contributed by atoms with Crippen LogP contribution < -0.4 is 10.6 Å². The summed E-state index contributed by atoms with van der Waals surface area (Å²) in [6, 6.07) is 10.8. The third-order valence-corrected chi connectivity index (χ3v) is 8.26. The number of thiazole rings is 1. The fourth-order valence-corrected chi connectivity index (χ4v) is 5.86. The molecule has 1 aromatic carbocycles. The topological polar surface area (TPSA) is 121 Å². The Hall–Kier alpha value is -3.15. The van der Waals surface area contributed by atoms with Crippen LogP contribution in [-0.2, 0) is 26.2 Å². The minimum Gasteiger partial charge on any atom is -0.352 e. The monoisotopic (exact) mass is 499 g/mol. The van der Waals surface area contributed by atoms with E-state index in [0.29, 0.717) is 24.5 Å². The van der Waals surface area contributed by atoms with Gasteiger partial charge in [-0.15, -0.1) is 11.3 Å². The molecule has 1 aliphatic heterocycles. The maximum atomic E-state index is 12.8. The van der Waals surface area contributed by atoms with Gasteiger partial charge >= 0.3 is 0 Å². The van der Waals surface area contributed by atoms with Gasteiger partial charge in [0.1, 0.15) is 4.90 Å². The number of hydrogen-bond donors (Lipinski definition) is 2. The highest BCUT2D eigenvalue weighted by atomic mass is 32.2. The number of nitrogens with zero attached hydrogens (tertiary/aromatic N) is 3. The zero-order chi connectivity index (χ0) is 24.1. The lowest BCUT2D eigenvalue weighted by atomic mass is 9.97. The van der Waals surface area contributed by atoms with Crippen molar-refractivity contribution in [2.75, 3.05) is 18.4 Å². The average molecular weight is 500 g/mol. The standard InChI is InChI=1S/C23H25N5O4S2/c1-16(29)25-13-17-4-6-18(7-5-17)21-15-33-23(26-21)27-22(30)19-8-11-28(12-9-19)34(31,32)20-3-2-10-24-14-20/h2-7,10,14-15,19H,8-9,11-13H2,1H3,(H,25,29)(H,26,27,30). The summed E-state index contributed by atoms with van der Waals surface area (Å²) < 4.78 is 26.9. The quantitative estimate of drug-likeness (QED) is 0.516. The Morgan fingerprint density at radius 1 is 1.15 bits per heavy atom. The fourth-order valence-electron chi connectivity index (χ4n) is 3.70. The molecule has 9 nitrogen and oxygen atoms in total. The number of anilines is 1. The third-order valence-electron chi connectivity index (χ3n) is 5.62. The number of amides is 2. The van der Waals surface area contributed by atoms with E-state index in [1.54, 1.807) is 6.07 Å². The predicted molar refractivity (Wildman–Crippen MR) is 129 cm³/mol. The highest BCUT2D eigenvalue weighted by molar-refractivity contribution is 7.89. The number of nitrogens with one attached hydrogen (secondary N) is 2. The predicted octanol–water partition coefficient (Wildman–Crippen LogP) is 2.88. The Morgan fingerprint density at radius 3 is 2.53 bits per heavy atom. The van der Waals surface area contributed by atoms with Crippen LogP contribution >= 0.6 is 11.3 Å². The van der Waals surface area contributed by atoms with Crippen molar-refractivity contribution in [2.24, 2.45) is 5.92 Å². The average Bonchev–Trinajstić information content (AvgIpc) is 3.32. The van der Waals surface area contributed by atoms with Gasteiger partial charge in [0.2, 0.25) is 21.8 Å². The summed E-state index contributed by atoms with van der Waals surface area (Å²) in [7, 11) is -3.60. The first-order chi connectivity index (χ1) is 16.3. The van der Waals surface area contributed by atoms with Crippen LogP contribution in [0.1, 0.15) is 25.3 Å². The summed E-state index contributed by atoms with van der Waals surface area (Å²) >= 11 is 1.34. The van der Waals surface area contributed by atoms with Crippen LogP contribution in [0, 0.1) is 5.92 Å². The maximum Gasteiger partial charge on any atom is 0.244 e. The number of hydrogen-bond acceptors (Lipinski definition) is 7. The molecule has 11 heteroatoms. The van der Waals surface area contributed by atoms with E-state index in [4.69, 9.17) is 0 Å². The van der Waals surface area contributed by atoms with Crippen molar-refractivity contribution in [1.82, 2.24) is 19.6 Å². The molecule has 3 aromatic rings. The van der Waals surface area contributed by atoms with Crippen LogP contribution in [0.3, 0.4) is 0 Å². The Bertz CT molecular complexity index is 1250. The molecule has 2 amide bonds. The van der Waals surface area contributed by atoms with Crippen LogP contribution in [0.15, 0.2) is 59.1 Å². The number of carbonyl (C=O) groups excluding carboxylic acids is 2. The first kappa shape index (κ1) is 24.0. The number of benzene rings is 1. The van der Waals surface area contributed by atoms with Crippen LogP contribution in [0.25, 0.3) is 11.3 Å². The van der Waals surface area contributed by atoms with Gasteiger partial charge in [-0.1, -0.05) is 24.3 Å². The smallest absolute Gasteiger partial charge is 0.244 e. The summed E-state index contributed by atoms with van der Waals surface area (Å²) in [5.74, 6) is -0.504. The Balaban J connectivity index is 1.32. The summed E-state index contributed by atoms with van der Waals surface area (Å²) in [6.45, 7) is 2.51. The van der Waals surface area contributed by atoms with Gasteiger partial charge in [-0.2, -0.15) is 4.31 Å². The molecule has 2 N–H and O–H groups in total. The van der Waals surface area contributed by atoms with Gasteiger partial charge in [-0.05, 0) is 30.5 Å². The molecule has 34 heavy (non-hydrogen) atoms. The molecule has 0 unspecified atom stereocenters. The van der Waals surface area contributed by atoms with E-state index >= 15 is 0 Å². The van der Waals surface area contributed by atoms with Gasteiger partial charge in [0.15, 0.2) is 5.13 Å². The lowest BCUT2D eigenvalue weighted by Crippen LogP contribution is -2.41. The number of piperidine rings is 1. The molecule has 1 fully saturated rings. The van der Waals surface area contributed by atoms with E-state index < -0.39 is 10.0 Å². The SMILES string of the molecule is CC(=O)NCc1ccc(-c2csc(NC(=O)C3CCN(S(=O)(=O)c4cccnc4)CC3)n2)cc1. The van der Waals surface area contributed by atoms with Crippen LogP contribution in [-0.4, -0.2) is 47.6 Å². The van der Waals surface area contributed by atoms with Crippen molar-refractivity contribution < 1.29 is 18.0 Å². The van der Waals surface area contributed by atoms with E-state index in [2.05, 4.69) is 20.6 Å².